The van der Waals surface area contributed by atoms with Crippen molar-refractivity contribution in [2.45, 2.75) is 27.7 Å². The summed E-state index contributed by atoms with van der Waals surface area (Å²) in [6.45, 7) is 8.74. The summed E-state index contributed by atoms with van der Waals surface area (Å²) in [4.78, 5) is 4.87. The van der Waals surface area contributed by atoms with Crippen LogP contribution in [0, 0.1) is 50.4 Å². The monoisotopic (exact) mass is 794 g/mol. The zero-order chi connectivity index (χ0) is 42.5. The average molecular weight is 795 g/mol. The van der Waals surface area contributed by atoms with E-state index in [1.165, 1.54) is 43.4 Å². The van der Waals surface area contributed by atoms with Gasteiger partial charge in [-0.3, -0.25) is 0 Å². The summed E-state index contributed by atoms with van der Waals surface area (Å²) in [6, 6.07) is 69.0. The highest BCUT2D eigenvalue weighted by molar-refractivity contribution is 6.28. The summed E-state index contributed by atoms with van der Waals surface area (Å²) in [7, 11) is 0. The van der Waals surface area contributed by atoms with Crippen molar-refractivity contribution in [3.8, 4) is 34.4 Å². The quantitative estimate of drug-likeness (QED) is 0.144. The Hall–Kier alpha value is -8.18. The van der Waals surface area contributed by atoms with Crippen LogP contribution in [0.1, 0.15) is 33.4 Å². The summed E-state index contributed by atoms with van der Waals surface area (Å²) in [5, 5.41) is 26.1. The number of hydrogen-bond acceptors (Lipinski definition) is 4. The third-order valence-electron chi connectivity index (χ3n) is 12.4. The number of para-hydroxylation sites is 2. The Morgan fingerprint density at radius 1 is 0.323 bits per heavy atom. The van der Waals surface area contributed by atoms with E-state index in [2.05, 4.69) is 183 Å². The SMILES string of the molecule is Cc1ccccc1N(c1cc(-c2ccc(C#N)cc2)ccc1C)c1ccc2ccc3c(N(c4ccccc4C)c4cc(-c5ccc(C#N)cc5)ccc4C)ccc4ccc1c2c43. The van der Waals surface area contributed by atoms with E-state index in [-0.39, 0.29) is 0 Å². The second kappa shape index (κ2) is 15.4. The molecule has 0 saturated heterocycles. The molecule has 62 heavy (non-hydrogen) atoms. The molecule has 0 spiro atoms. The Morgan fingerprint density at radius 2 is 0.677 bits per heavy atom. The molecule has 0 radical (unpaired) electrons. The number of aryl methyl sites for hydroxylation is 4. The first-order chi connectivity index (χ1) is 30.3. The Kier molecular flexibility index (Phi) is 9.48. The topological polar surface area (TPSA) is 54.1 Å². The van der Waals surface area contributed by atoms with E-state index in [0.29, 0.717) is 11.1 Å². The van der Waals surface area contributed by atoms with Gasteiger partial charge in [-0.05, 0) is 154 Å². The molecular weight excluding hydrogens is 753 g/mol. The van der Waals surface area contributed by atoms with Gasteiger partial charge in [0.15, 0.2) is 0 Å². The molecule has 0 aliphatic rings. The normalized spacial score (nSPS) is 11.2. The lowest BCUT2D eigenvalue weighted by atomic mass is 9.91. The lowest BCUT2D eigenvalue weighted by Gasteiger charge is -2.32. The Morgan fingerprint density at radius 3 is 1.06 bits per heavy atom. The highest BCUT2D eigenvalue weighted by atomic mass is 15.2. The minimum absolute atomic E-state index is 0.646. The van der Waals surface area contributed by atoms with Crippen LogP contribution in [0.3, 0.4) is 0 Å². The molecule has 4 heteroatoms. The first-order valence-corrected chi connectivity index (χ1v) is 21.0. The van der Waals surface area contributed by atoms with Crippen molar-refractivity contribution in [2.75, 3.05) is 9.80 Å². The number of benzene rings is 10. The molecule has 0 aliphatic heterocycles. The molecule has 10 aromatic carbocycles. The van der Waals surface area contributed by atoms with Crippen LogP contribution < -0.4 is 9.80 Å². The van der Waals surface area contributed by atoms with Crippen molar-refractivity contribution in [2.24, 2.45) is 0 Å². The molecule has 0 aromatic heterocycles. The number of anilines is 6. The van der Waals surface area contributed by atoms with E-state index in [9.17, 15) is 10.5 Å². The van der Waals surface area contributed by atoms with Gasteiger partial charge in [-0.2, -0.15) is 10.5 Å². The highest BCUT2D eigenvalue weighted by Crippen LogP contribution is 2.49. The Balaban J connectivity index is 1.21. The van der Waals surface area contributed by atoms with E-state index < -0.39 is 0 Å². The van der Waals surface area contributed by atoms with Gasteiger partial charge in [0.2, 0.25) is 0 Å². The minimum Gasteiger partial charge on any atom is -0.309 e. The first-order valence-electron chi connectivity index (χ1n) is 21.0. The summed E-state index contributed by atoms with van der Waals surface area (Å²) < 4.78 is 0. The van der Waals surface area contributed by atoms with Crippen LogP contribution in [0.4, 0.5) is 34.1 Å². The number of rotatable bonds is 8. The van der Waals surface area contributed by atoms with E-state index in [1.54, 1.807) is 0 Å². The molecular formula is C58H42N4. The fourth-order valence-electron chi connectivity index (χ4n) is 9.10. The van der Waals surface area contributed by atoms with Crippen LogP contribution in [-0.4, -0.2) is 0 Å². The van der Waals surface area contributed by atoms with Crippen LogP contribution in [0.2, 0.25) is 0 Å². The smallest absolute Gasteiger partial charge is 0.0991 e. The second-order valence-corrected chi connectivity index (χ2v) is 16.2. The Labute approximate surface area is 362 Å². The van der Waals surface area contributed by atoms with E-state index in [4.69, 9.17) is 0 Å². The molecule has 10 aromatic rings. The van der Waals surface area contributed by atoms with Crippen molar-refractivity contribution in [1.82, 2.24) is 0 Å². The predicted octanol–water partition coefficient (Wildman–Crippen LogP) is 15.8. The van der Waals surface area contributed by atoms with Gasteiger partial charge < -0.3 is 9.80 Å². The third kappa shape index (κ3) is 6.47. The van der Waals surface area contributed by atoms with Gasteiger partial charge in [0, 0.05) is 33.5 Å². The average Bonchev–Trinajstić information content (AvgIpc) is 3.31. The molecule has 0 bridgehead atoms. The maximum Gasteiger partial charge on any atom is 0.0991 e. The summed E-state index contributed by atoms with van der Waals surface area (Å²) in [6.07, 6.45) is 0. The lowest BCUT2D eigenvalue weighted by molar-refractivity contribution is 1.23. The van der Waals surface area contributed by atoms with Crippen LogP contribution in [0.25, 0.3) is 54.6 Å². The van der Waals surface area contributed by atoms with Crippen LogP contribution in [0.5, 0.6) is 0 Å². The van der Waals surface area contributed by atoms with Gasteiger partial charge in [0.1, 0.15) is 0 Å². The zero-order valence-electron chi connectivity index (χ0n) is 35.1. The molecule has 0 unspecified atom stereocenters. The van der Waals surface area contributed by atoms with Gasteiger partial charge in [-0.1, -0.05) is 121 Å². The van der Waals surface area contributed by atoms with E-state index in [1.807, 2.05) is 48.5 Å². The molecule has 294 valence electrons. The van der Waals surface area contributed by atoms with E-state index in [0.717, 1.165) is 67.5 Å². The van der Waals surface area contributed by atoms with Gasteiger partial charge in [0.05, 0.1) is 34.6 Å². The molecule has 4 nitrogen and oxygen atoms in total. The van der Waals surface area contributed by atoms with Gasteiger partial charge in [0.25, 0.3) is 0 Å². The fraction of sp³-hybridized carbons (Fsp3) is 0.0690. The molecule has 0 heterocycles. The van der Waals surface area contributed by atoms with Crippen LogP contribution in [-0.2, 0) is 0 Å². The van der Waals surface area contributed by atoms with Crippen LogP contribution in [0.15, 0.2) is 182 Å². The number of hydrogen-bond donors (Lipinski definition) is 0. The first kappa shape index (κ1) is 38.0. The van der Waals surface area contributed by atoms with Crippen molar-refractivity contribution in [3.63, 3.8) is 0 Å². The molecule has 0 N–H and O–H groups in total. The van der Waals surface area contributed by atoms with E-state index >= 15 is 0 Å². The van der Waals surface area contributed by atoms with Gasteiger partial charge in [-0.15, -0.1) is 0 Å². The van der Waals surface area contributed by atoms with Gasteiger partial charge in [-0.25, -0.2) is 0 Å². The van der Waals surface area contributed by atoms with Crippen molar-refractivity contribution in [1.29, 1.82) is 10.5 Å². The van der Waals surface area contributed by atoms with Crippen LogP contribution >= 0.6 is 0 Å². The predicted molar refractivity (Wildman–Crippen MR) is 259 cm³/mol. The fourth-order valence-corrected chi connectivity index (χ4v) is 9.10. The minimum atomic E-state index is 0.646. The molecule has 0 saturated carbocycles. The largest absolute Gasteiger partial charge is 0.309 e. The van der Waals surface area contributed by atoms with Crippen molar-refractivity contribution >= 4 is 66.4 Å². The summed E-state index contributed by atoms with van der Waals surface area (Å²) in [5.74, 6) is 0. The van der Waals surface area contributed by atoms with Crippen molar-refractivity contribution < 1.29 is 0 Å². The standard InChI is InChI=1S/C58H42N4/c1-37-9-5-7-11-51(37)61(55-33-47(19-13-39(55)3)43-21-15-41(35-59)16-22-43)53-31-27-45-26-30-50-54(32-28-46-25-29-49(53)57(45)58(46)50)62(52-12-8-6-10-38(52)2)56-34-48(20-14-40(56)4)44-23-17-42(36-60)18-24-44/h5-34H,1-4H3. The maximum atomic E-state index is 9.48. The molecule has 0 amide bonds. The molecule has 0 atom stereocenters. The zero-order valence-corrected chi connectivity index (χ0v) is 35.1. The number of nitrogens with zero attached hydrogens (tertiary/aromatic N) is 4. The van der Waals surface area contributed by atoms with Crippen molar-refractivity contribution in [3.05, 3.63) is 215 Å². The lowest BCUT2D eigenvalue weighted by Crippen LogP contribution is -2.14. The molecule has 0 fully saturated rings. The Bertz CT molecular complexity index is 3190. The summed E-state index contributed by atoms with van der Waals surface area (Å²) in [5.41, 5.74) is 16.9. The maximum absolute atomic E-state index is 9.48. The summed E-state index contributed by atoms with van der Waals surface area (Å²) >= 11 is 0. The second-order valence-electron chi connectivity index (χ2n) is 16.2. The van der Waals surface area contributed by atoms with Gasteiger partial charge >= 0.3 is 0 Å². The third-order valence-corrected chi connectivity index (χ3v) is 12.4. The highest BCUT2D eigenvalue weighted by Gasteiger charge is 2.24. The molecule has 10 rings (SSSR count). The molecule has 0 aliphatic carbocycles. The number of nitriles is 2.